The number of carbonyl (C=O) groups excluding carboxylic acids is 1. The van der Waals surface area contributed by atoms with Crippen LogP contribution in [0.5, 0.6) is 5.75 Å². The topological polar surface area (TPSA) is 106 Å². The lowest BCUT2D eigenvalue weighted by atomic mass is 9.88. The number of pyridine rings is 1. The summed E-state index contributed by atoms with van der Waals surface area (Å²) in [5, 5.41) is 10.0. The molecule has 0 bridgehead atoms. The highest BCUT2D eigenvalue weighted by molar-refractivity contribution is 6.06. The van der Waals surface area contributed by atoms with Gasteiger partial charge in [0.05, 0.1) is 28.3 Å². The van der Waals surface area contributed by atoms with E-state index in [2.05, 4.69) is 4.98 Å². The molecule has 160 valence electrons. The van der Waals surface area contributed by atoms with Crippen molar-refractivity contribution in [2.45, 2.75) is 57.9 Å². The van der Waals surface area contributed by atoms with Gasteiger partial charge in [-0.2, -0.15) is 0 Å². The zero-order valence-corrected chi connectivity index (χ0v) is 17.4. The second-order valence-corrected chi connectivity index (χ2v) is 8.41. The van der Waals surface area contributed by atoms with Crippen molar-refractivity contribution in [3.63, 3.8) is 0 Å². The molecule has 30 heavy (non-hydrogen) atoms. The van der Waals surface area contributed by atoms with Crippen molar-refractivity contribution < 1.29 is 19.4 Å². The van der Waals surface area contributed by atoms with Gasteiger partial charge in [-0.05, 0) is 44.7 Å². The van der Waals surface area contributed by atoms with Gasteiger partial charge in [-0.1, -0.05) is 25.3 Å². The summed E-state index contributed by atoms with van der Waals surface area (Å²) >= 11 is 0. The molecule has 0 unspecified atom stereocenters. The quantitative estimate of drug-likeness (QED) is 0.776. The Hall–Kier alpha value is -2.83. The normalized spacial score (nSPS) is 19.9. The Labute approximate surface area is 176 Å². The van der Waals surface area contributed by atoms with Gasteiger partial charge in [0.2, 0.25) is 5.91 Å². The maximum Gasteiger partial charge on any atom is 0.339 e. The molecule has 4 rings (SSSR count). The SMILES string of the molecule is Cc1nc2cccc(OC[C@H]3CCCN3C(=O)C3CCCCC3)c2c(N)c1C(=O)O. The van der Waals surface area contributed by atoms with Crippen LogP contribution < -0.4 is 10.5 Å². The molecule has 1 amide bonds. The van der Waals surface area contributed by atoms with Crippen LogP contribution in [0.3, 0.4) is 0 Å². The number of anilines is 1. The van der Waals surface area contributed by atoms with Gasteiger partial charge in [-0.25, -0.2) is 4.79 Å². The molecular formula is C23H29N3O4. The number of aromatic carboxylic acids is 1. The first-order chi connectivity index (χ1) is 14.5. The van der Waals surface area contributed by atoms with Crippen molar-refractivity contribution in [1.82, 2.24) is 9.88 Å². The number of fused-ring (bicyclic) bond motifs is 1. The van der Waals surface area contributed by atoms with Gasteiger partial charge in [0, 0.05) is 12.5 Å². The molecule has 1 aliphatic carbocycles. The van der Waals surface area contributed by atoms with Gasteiger partial charge in [-0.15, -0.1) is 0 Å². The Morgan fingerprint density at radius 2 is 1.97 bits per heavy atom. The van der Waals surface area contributed by atoms with Gasteiger partial charge >= 0.3 is 5.97 Å². The average Bonchev–Trinajstić information content (AvgIpc) is 3.20. The minimum atomic E-state index is -1.10. The van der Waals surface area contributed by atoms with E-state index in [-0.39, 0.29) is 29.1 Å². The highest BCUT2D eigenvalue weighted by Crippen LogP contribution is 2.34. The van der Waals surface area contributed by atoms with Crippen molar-refractivity contribution in [1.29, 1.82) is 0 Å². The summed E-state index contributed by atoms with van der Waals surface area (Å²) in [5.74, 6) is -0.173. The monoisotopic (exact) mass is 411 g/mol. The number of nitrogens with two attached hydrogens (primary N) is 1. The lowest BCUT2D eigenvalue weighted by molar-refractivity contribution is -0.137. The number of benzene rings is 1. The van der Waals surface area contributed by atoms with Crippen LogP contribution in [-0.4, -0.2) is 46.1 Å². The summed E-state index contributed by atoms with van der Waals surface area (Å²) in [6.07, 6.45) is 7.38. The van der Waals surface area contributed by atoms with Crippen LogP contribution in [0.2, 0.25) is 0 Å². The van der Waals surface area contributed by atoms with E-state index in [4.69, 9.17) is 10.5 Å². The van der Waals surface area contributed by atoms with Crippen molar-refractivity contribution in [3.05, 3.63) is 29.5 Å². The Morgan fingerprint density at radius 1 is 1.20 bits per heavy atom. The molecule has 0 radical (unpaired) electrons. The van der Waals surface area contributed by atoms with Crippen LogP contribution in [0, 0.1) is 12.8 Å². The molecule has 0 spiro atoms. The van der Waals surface area contributed by atoms with Gasteiger partial charge in [0.15, 0.2) is 0 Å². The predicted molar refractivity (Wildman–Crippen MR) is 115 cm³/mol. The number of carboxylic acids is 1. The number of hydrogen-bond donors (Lipinski definition) is 2. The number of nitrogens with zero attached hydrogens (tertiary/aromatic N) is 2. The summed E-state index contributed by atoms with van der Waals surface area (Å²) in [6.45, 7) is 2.79. The van der Waals surface area contributed by atoms with Crippen molar-refractivity contribution in [3.8, 4) is 5.75 Å². The minimum absolute atomic E-state index is 0.00789. The summed E-state index contributed by atoms with van der Waals surface area (Å²) in [7, 11) is 0. The van der Waals surface area contributed by atoms with E-state index in [1.54, 1.807) is 19.1 Å². The van der Waals surface area contributed by atoms with Gasteiger partial charge in [0.1, 0.15) is 17.9 Å². The Morgan fingerprint density at radius 3 is 2.70 bits per heavy atom. The number of hydrogen-bond acceptors (Lipinski definition) is 5. The van der Waals surface area contributed by atoms with Crippen LogP contribution in [0.4, 0.5) is 5.69 Å². The van der Waals surface area contributed by atoms with E-state index in [0.717, 1.165) is 45.1 Å². The fourth-order valence-electron chi connectivity index (χ4n) is 4.90. The molecule has 1 saturated heterocycles. The third-order valence-electron chi connectivity index (χ3n) is 6.45. The first kappa shape index (κ1) is 20.4. The fraction of sp³-hybridized carbons (Fsp3) is 0.522. The molecule has 1 atom stereocenters. The van der Waals surface area contributed by atoms with Gasteiger partial charge in [-0.3, -0.25) is 9.78 Å². The Balaban J connectivity index is 1.55. The van der Waals surface area contributed by atoms with Gasteiger partial charge in [0.25, 0.3) is 0 Å². The molecule has 7 heteroatoms. The molecule has 7 nitrogen and oxygen atoms in total. The number of carboxylic acid groups (broad SMARTS) is 1. The largest absolute Gasteiger partial charge is 0.491 e. The Kier molecular flexibility index (Phi) is 5.79. The molecule has 2 fully saturated rings. The second-order valence-electron chi connectivity index (χ2n) is 8.41. The molecule has 2 aliphatic rings. The smallest absolute Gasteiger partial charge is 0.339 e. The number of aromatic nitrogens is 1. The third kappa shape index (κ3) is 3.80. The minimum Gasteiger partial charge on any atom is -0.491 e. The number of amides is 1. The fourth-order valence-corrected chi connectivity index (χ4v) is 4.90. The highest BCUT2D eigenvalue weighted by Gasteiger charge is 2.34. The van der Waals surface area contributed by atoms with E-state index in [1.807, 2.05) is 11.0 Å². The number of carbonyl (C=O) groups is 2. The number of aryl methyl sites for hydroxylation is 1. The zero-order valence-electron chi connectivity index (χ0n) is 17.4. The van der Waals surface area contributed by atoms with E-state index in [0.29, 0.717) is 29.0 Å². The summed E-state index contributed by atoms with van der Waals surface area (Å²) in [4.78, 5) is 31.0. The maximum atomic E-state index is 13.0. The van der Waals surface area contributed by atoms with E-state index in [9.17, 15) is 14.7 Å². The zero-order chi connectivity index (χ0) is 21.3. The highest BCUT2D eigenvalue weighted by atomic mass is 16.5. The lowest BCUT2D eigenvalue weighted by Gasteiger charge is -2.30. The van der Waals surface area contributed by atoms with Crippen LogP contribution in [0.1, 0.15) is 61.0 Å². The van der Waals surface area contributed by atoms with Crippen LogP contribution >= 0.6 is 0 Å². The predicted octanol–water partition coefficient (Wildman–Crippen LogP) is 3.77. The maximum absolute atomic E-state index is 13.0. The van der Waals surface area contributed by atoms with E-state index < -0.39 is 5.97 Å². The number of rotatable bonds is 5. The molecule has 1 aromatic heterocycles. The summed E-state index contributed by atoms with van der Waals surface area (Å²) < 4.78 is 6.12. The molecule has 1 saturated carbocycles. The van der Waals surface area contributed by atoms with Crippen molar-refractivity contribution >= 4 is 28.5 Å². The standard InChI is InChI=1S/C23H29N3O4/c1-14-19(23(28)29)21(24)20-17(25-14)10-5-11-18(20)30-13-16-9-6-12-26(16)22(27)15-7-3-2-4-8-15/h5,10-11,15-16H,2-4,6-9,12-13H2,1H3,(H2,24,25)(H,28,29)/t16-/m1/s1. The van der Waals surface area contributed by atoms with Crippen molar-refractivity contribution in [2.75, 3.05) is 18.9 Å². The van der Waals surface area contributed by atoms with Gasteiger partial charge < -0.3 is 20.5 Å². The first-order valence-electron chi connectivity index (χ1n) is 10.8. The second kappa shape index (κ2) is 8.50. The van der Waals surface area contributed by atoms with Crippen LogP contribution in [-0.2, 0) is 4.79 Å². The van der Waals surface area contributed by atoms with Crippen LogP contribution in [0.15, 0.2) is 18.2 Å². The molecule has 2 heterocycles. The number of nitrogen functional groups attached to an aromatic ring is 1. The average molecular weight is 412 g/mol. The first-order valence-corrected chi connectivity index (χ1v) is 10.8. The molecule has 1 aromatic carbocycles. The van der Waals surface area contributed by atoms with Crippen molar-refractivity contribution in [2.24, 2.45) is 5.92 Å². The van der Waals surface area contributed by atoms with E-state index in [1.165, 1.54) is 6.42 Å². The van der Waals surface area contributed by atoms with E-state index >= 15 is 0 Å². The number of likely N-dealkylation sites (tertiary alicyclic amines) is 1. The Bertz CT molecular complexity index is 969. The third-order valence-corrected chi connectivity index (χ3v) is 6.45. The summed E-state index contributed by atoms with van der Waals surface area (Å²) in [6, 6.07) is 5.44. The van der Waals surface area contributed by atoms with Crippen LogP contribution in [0.25, 0.3) is 10.9 Å². The lowest BCUT2D eigenvalue weighted by Crippen LogP contribution is -2.42. The number of ether oxygens (including phenoxy) is 1. The summed E-state index contributed by atoms with van der Waals surface area (Å²) in [5.41, 5.74) is 7.37. The molecular weight excluding hydrogens is 382 g/mol. The molecule has 1 aliphatic heterocycles. The molecule has 2 aromatic rings. The molecule has 3 N–H and O–H groups in total.